The van der Waals surface area contributed by atoms with Crippen molar-refractivity contribution < 1.29 is 9.09 Å². The maximum absolute atomic E-state index is 13.5. The molecule has 23 heavy (non-hydrogen) atoms. The molecular formula is C20H19O2P. The Kier molecular flexibility index (Phi) is 3.73. The zero-order valence-electron chi connectivity index (χ0n) is 13.0. The molecule has 1 atom stereocenters. The molecule has 116 valence electrons. The molecule has 1 aliphatic carbocycles. The third-order valence-corrected chi connectivity index (χ3v) is 6.55. The maximum atomic E-state index is 13.5. The molecule has 1 aliphatic heterocycles. The van der Waals surface area contributed by atoms with Gasteiger partial charge in [-0.05, 0) is 49.0 Å². The van der Waals surface area contributed by atoms with Crippen molar-refractivity contribution in [1.29, 1.82) is 0 Å². The second-order valence-electron chi connectivity index (χ2n) is 6.14. The number of hydrogen-bond donors (Lipinski definition) is 0. The zero-order valence-corrected chi connectivity index (χ0v) is 13.9. The lowest BCUT2D eigenvalue weighted by atomic mass is 9.96. The van der Waals surface area contributed by atoms with E-state index in [9.17, 15) is 4.57 Å². The molecule has 2 aromatic carbocycles. The molecule has 0 amide bonds. The lowest BCUT2D eigenvalue weighted by Gasteiger charge is -2.26. The van der Waals surface area contributed by atoms with Crippen molar-refractivity contribution in [3.05, 3.63) is 65.7 Å². The summed E-state index contributed by atoms with van der Waals surface area (Å²) in [5.41, 5.74) is 6.59. The molecule has 0 spiro atoms. The number of benzene rings is 2. The van der Waals surface area contributed by atoms with Gasteiger partial charge in [0.05, 0.1) is 11.1 Å². The van der Waals surface area contributed by atoms with Gasteiger partial charge in [-0.2, -0.15) is 0 Å². The minimum absolute atomic E-state index is 0.696. The van der Waals surface area contributed by atoms with E-state index < -0.39 is 7.37 Å². The Bertz CT molecular complexity index is 851. The van der Waals surface area contributed by atoms with Crippen LogP contribution in [0.25, 0.3) is 11.1 Å². The third-order valence-electron chi connectivity index (χ3n) is 4.55. The van der Waals surface area contributed by atoms with E-state index in [2.05, 4.69) is 5.73 Å². The molecule has 0 N–H and O–H groups in total. The molecule has 1 heterocycles. The SMILES string of the molecule is O=P1(C=C=C2CCCCC2)Oc2ccccc2-c2ccccc21. The first kappa shape index (κ1) is 14.6. The first-order valence-electron chi connectivity index (χ1n) is 8.20. The summed E-state index contributed by atoms with van der Waals surface area (Å²) in [5.74, 6) is 2.39. The number of fused-ring (bicyclic) bond motifs is 3. The van der Waals surface area contributed by atoms with Crippen LogP contribution < -0.4 is 9.83 Å². The van der Waals surface area contributed by atoms with Crippen molar-refractivity contribution in [2.75, 3.05) is 0 Å². The molecule has 0 radical (unpaired) electrons. The van der Waals surface area contributed by atoms with Crippen molar-refractivity contribution >= 4 is 12.7 Å². The number of allylic oxidation sites excluding steroid dienone is 1. The van der Waals surface area contributed by atoms with Crippen LogP contribution in [-0.4, -0.2) is 0 Å². The summed E-state index contributed by atoms with van der Waals surface area (Å²) < 4.78 is 19.5. The van der Waals surface area contributed by atoms with Crippen molar-refractivity contribution in [1.82, 2.24) is 0 Å². The van der Waals surface area contributed by atoms with E-state index >= 15 is 0 Å². The van der Waals surface area contributed by atoms with Gasteiger partial charge in [-0.25, -0.2) is 0 Å². The van der Waals surface area contributed by atoms with E-state index in [4.69, 9.17) is 4.52 Å². The van der Waals surface area contributed by atoms with E-state index in [-0.39, 0.29) is 0 Å². The van der Waals surface area contributed by atoms with Gasteiger partial charge in [-0.3, -0.25) is 4.57 Å². The van der Waals surface area contributed by atoms with Crippen molar-refractivity contribution in [3.63, 3.8) is 0 Å². The fourth-order valence-corrected chi connectivity index (χ4v) is 5.25. The first-order chi connectivity index (χ1) is 11.3. The standard InChI is InChI=1S/C20H19O2P/c21-23(15-14-16-8-2-1-3-9-16)20-13-7-5-11-18(20)17-10-4-6-12-19(17)22-23/h4-7,10-13,15H,1-3,8-9H2. The van der Waals surface area contributed by atoms with Crippen LogP contribution in [-0.2, 0) is 4.57 Å². The summed E-state index contributed by atoms with van der Waals surface area (Å²) in [7, 11) is -3.06. The average molecular weight is 322 g/mol. The molecule has 0 saturated heterocycles. The van der Waals surface area contributed by atoms with Gasteiger partial charge in [-0.1, -0.05) is 42.8 Å². The van der Waals surface area contributed by atoms with E-state index in [1.165, 1.54) is 24.8 Å². The highest BCUT2D eigenvalue weighted by Crippen LogP contribution is 2.55. The summed E-state index contributed by atoms with van der Waals surface area (Å²) in [6.45, 7) is 0. The zero-order chi connectivity index (χ0) is 15.7. The van der Waals surface area contributed by atoms with Gasteiger partial charge in [-0.15, -0.1) is 5.73 Å². The average Bonchev–Trinajstić information content (AvgIpc) is 2.61. The summed E-state index contributed by atoms with van der Waals surface area (Å²) in [6.07, 6.45) is 5.83. The molecule has 1 saturated carbocycles. The van der Waals surface area contributed by atoms with Gasteiger partial charge < -0.3 is 4.52 Å². The Labute approximate surface area is 137 Å². The Morgan fingerprint density at radius 2 is 1.61 bits per heavy atom. The number of para-hydroxylation sites is 1. The smallest absolute Gasteiger partial charge is 0.307 e. The Hall–Kier alpha value is -2.01. The van der Waals surface area contributed by atoms with Crippen molar-refractivity contribution in [3.8, 4) is 16.9 Å². The molecular weight excluding hydrogens is 303 g/mol. The van der Waals surface area contributed by atoms with Crippen LogP contribution in [0.2, 0.25) is 0 Å². The highest BCUT2D eigenvalue weighted by Gasteiger charge is 2.33. The maximum Gasteiger partial charge on any atom is 0.307 e. The highest BCUT2D eigenvalue weighted by molar-refractivity contribution is 7.70. The monoisotopic (exact) mass is 322 g/mol. The van der Waals surface area contributed by atoms with Crippen molar-refractivity contribution in [2.24, 2.45) is 0 Å². The Balaban J connectivity index is 1.84. The molecule has 3 heteroatoms. The van der Waals surface area contributed by atoms with Crippen LogP contribution in [0.3, 0.4) is 0 Å². The predicted octanol–water partition coefficient (Wildman–Crippen LogP) is 5.65. The largest absolute Gasteiger partial charge is 0.436 e. The Morgan fingerprint density at radius 1 is 0.913 bits per heavy atom. The number of rotatable bonds is 1. The molecule has 2 aliphatic rings. The third kappa shape index (κ3) is 2.70. The van der Waals surface area contributed by atoms with E-state index in [1.807, 2.05) is 48.5 Å². The van der Waals surface area contributed by atoms with E-state index in [0.29, 0.717) is 5.75 Å². The van der Waals surface area contributed by atoms with Gasteiger partial charge in [0.15, 0.2) is 0 Å². The lowest BCUT2D eigenvalue weighted by molar-refractivity contribution is 0.501. The van der Waals surface area contributed by atoms with Crippen LogP contribution in [0.1, 0.15) is 32.1 Å². The normalized spacial score (nSPS) is 22.3. The van der Waals surface area contributed by atoms with Gasteiger partial charge in [0.25, 0.3) is 0 Å². The predicted molar refractivity (Wildman–Crippen MR) is 94.4 cm³/mol. The minimum atomic E-state index is -3.06. The highest BCUT2D eigenvalue weighted by atomic mass is 31.2. The molecule has 4 rings (SSSR count). The van der Waals surface area contributed by atoms with Crippen LogP contribution >= 0.6 is 7.37 Å². The minimum Gasteiger partial charge on any atom is -0.436 e. The van der Waals surface area contributed by atoms with Gasteiger partial charge in [0, 0.05) is 5.56 Å². The van der Waals surface area contributed by atoms with Gasteiger partial charge in [0.2, 0.25) is 0 Å². The lowest BCUT2D eigenvalue weighted by Crippen LogP contribution is -2.15. The van der Waals surface area contributed by atoms with Gasteiger partial charge in [0.1, 0.15) is 5.75 Å². The fourth-order valence-electron chi connectivity index (χ4n) is 3.33. The molecule has 2 aromatic rings. The Morgan fingerprint density at radius 3 is 2.43 bits per heavy atom. The molecule has 1 fully saturated rings. The van der Waals surface area contributed by atoms with Crippen LogP contribution in [0, 0.1) is 0 Å². The van der Waals surface area contributed by atoms with Gasteiger partial charge >= 0.3 is 7.37 Å². The fraction of sp³-hybridized carbons (Fsp3) is 0.250. The molecule has 2 nitrogen and oxygen atoms in total. The van der Waals surface area contributed by atoms with Crippen LogP contribution in [0.15, 0.2) is 65.7 Å². The van der Waals surface area contributed by atoms with Crippen LogP contribution in [0.4, 0.5) is 0 Å². The molecule has 1 unspecified atom stereocenters. The topological polar surface area (TPSA) is 26.3 Å². The second kappa shape index (κ2) is 5.89. The van der Waals surface area contributed by atoms with E-state index in [0.717, 1.165) is 29.3 Å². The quantitative estimate of drug-likeness (QED) is 0.501. The summed E-state index contributed by atoms with van der Waals surface area (Å²) in [5, 5.41) is 0.780. The summed E-state index contributed by atoms with van der Waals surface area (Å²) >= 11 is 0. The van der Waals surface area contributed by atoms with E-state index in [1.54, 1.807) is 5.82 Å². The summed E-state index contributed by atoms with van der Waals surface area (Å²) in [6, 6.07) is 15.6. The van der Waals surface area contributed by atoms with Crippen molar-refractivity contribution in [2.45, 2.75) is 32.1 Å². The first-order valence-corrected chi connectivity index (χ1v) is 9.90. The second-order valence-corrected chi connectivity index (χ2v) is 8.26. The molecule has 0 bridgehead atoms. The molecule has 0 aromatic heterocycles. The number of hydrogen-bond acceptors (Lipinski definition) is 2. The summed E-state index contributed by atoms with van der Waals surface area (Å²) in [4.78, 5) is 0. The van der Waals surface area contributed by atoms with Crippen LogP contribution in [0.5, 0.6) is 5.75 Å².